The van der Waals surface area contributed by atoms with Gasteiger partial charge in [0.1, 0.15) is 11.1 Å². The Morgan fingerprint density at radius 1 is 0.885 bits per heavy atom. The highest BCUT2D eigenvalue weighted by Crippen LogP contribution is 2.18. The van der Waals surface area contributed by atoms with Gasteiger partial charge in [-0.3, -0.25) is 9.59 Å². The number of carbonyl (C=O) groups is 2. The topological polar surface area (TPSA) is 118 Å². The number of fused-ring (bicyclic) bond motifs is 3. The second-order valence-corrected chi connectivity index (χ2v) is 5.41. The van der Waals surface area contributed by atoms with E-state index in [4.69, 9.17) is 9.47 Å². The van der Waals surface area contributed by atoms with E-state index in [0.717, 1.165) is 0 Å². The van der Waals surface area contributed by atoms with Gasteiger partial charge in [0.05, 0.1) is 29.6 Å². The predicted octanol–water partition coefficient (Wildman–Crippen LogP) is 1.72. The number of hydrogen-bond acceptors (Lipinski definition) is 6. The first-order valence-electron chi connectivity index (χ1n) is 8.03. The molecule has 0 aliphatic heterocycles. The number of hydrogen-bond donors (Lipinski definition) is 2. The third kappa shape index (κ3) is 2.75. The lowest BCUT2D eigenvalue weighted by Gasteiger charge is -2.07. The first-order valence-corrected chi connectivity index (χ1v) is 8.03. The van der Waals surface area contributed by atoms with E-state index in [1.165, 1.54) is 24.5 Å². The largest absolute Gasteiger partial charge is 0.462 e. The molecule has 0 radical (unpaired) electrons. The summed E-state index contributed by atoms with van der Waals surface area (Å²) in [6, 6.07) is 3.04. The van der Waals surface area contributed by atoms with Crippen molar-refractivity contribution in [2.45, 2.75) is 13.8 Å². The monoisotopic (exact) mass is 356 g/mol. The van der Waals surface area contributed by atoms with Gasteiger partial charge in [0.2, 0.25) is 10.9 Å². The molecule has 3 aromatic rings. The molecule has 2 heterocycles. The van der Waals surface area contributed by atoms with Gasteiger partial charge >= 0.3 is 11.9 Å². The van der Waals surface area contributed by atoms with Crippen LogP contribution in [-0.2, 0) is 9.47 Å². The molecule has 2 N–H and O–H groups in total. The van der Waals surface area contributed by atoms with Crippen LogP contribution in [0.4, 0.5) is 0 Å². The number of H-pyrrole nitrogens is 2. The lowest BCUT2D eigenvalue weighted by atomic mass is 10.1. The SMILES string of the molecule is CCOC(=O)c1c[nH]c2c(ccc3[nH]cc(C(=O)OCC)c(=O)c32)c1=O. The normalized spacial score (nSPS) is 10.8. The van der Waals surface area contributed by atoms with Crippen LogP contribution in [0.1, 0.15) is 34.6 Å². The van der Waals surface area contributed by atoms with Crippen molar-refractivity contribution >= 4 is 33.7 Å². The second kappa shape index (κ2) is 6.83. The van der Waals surface area contributed by atoms with Crippen molar-refractivity contribution in [1.29, 1.82) is 0 Å². The Labute approximate surface area is 146 Å². The molecule has 8 heteroatoms. The first-order chi connectivity index (χ1) is 12.5. The molecule has 26 heavy (non-hydrogen) atoms. The van der Waals surface area contributed by atoms with E-state index in [-0.39, 0.29) is 40.6 Å². The molecule has 8 nitrogen and oxygen atoms in total. The molecule has 134 valence electrons. The highest BCUT2D eigenvalue weighted by atomic mass is 16.5. The molecule has 2 aromatic heterocycles. The molecule has 0 saturated carbocycles. The van der Waals surface area contributed by atoms with Gasteiger partial charge < -0.3 is 19.4 Å². The summed E-state index contributed by atoms with van der Waals surface area (Å²) in [5.41, 5.74) is -0.774. The first kappa shape index (κ1) is 17.4. The average Bonchev–Trinajstić information content (AvgIpc) is 2.62. The van der Waals surface area contributed by atoms with Crippen LogP contribution >= 0.6 is 0 Å². The number of aromatic nitrogens is 2. The predicted molar refractivity (Wildman–Crippen MR) is 94.6 cm³/mol. The zero-order valence-corrected chi connectivity index (χ0v) is 14.2. The summed E-state index contributed by atoms with van der Waals surface area (Å²) in [4.78, 5) is 54.9. The van der Waals surface area contributed by atoms with Gasteiger partial charge in [-0.2, -0.15) is 0 Å². The molecule has 0 saturated heterocycles. The zero-order valence-electron chi connectivity index (χ0n) is 14.2. The Bertz CT molecular complexity index is 1140. The van der Waals surface area contributed by atoms with E-state index in [0.29, 0.717) is 5.52 Å². The van der Waals surface area contributed by atoms with Gasteiger partial charge in [-0.05, 0) is 26.0 Å². The van der Waals surface area contributed by atoms with E-state index >= 15 is 0 Å². The van der Waals surface area contributed by atoms with Crippen molar-refractivity contribution < 1.29 is 19.1 Å². The molecular weight excluding hydrogens is 340 g/mol. The molecular formula is C18H16N2O6. The molecule has 1 aromatic carbocycles. The van der Waals surface area contributed by atoms with E-state index in [1.54, 1.807) is 13.8 Å². The van der Waals surface area contributed by atoms with Crippen LogP contribution in [0.5, 0.6) is 0 Å². The van der Waals surface area contributed by atoms with Crippen molar-refractivity contribution in [2.24, 2.45) is 0 Å². The van der Waals surface area contributed by atoms with E-state index in [1.807, 2.05) is 0 Å². The number of rotatable bonds is 4. The third-order valence-electron chi connectivity index (χ3n) is 3.89. The van der Waals surface area contributed by atoms with Crippen molar-refractivity contribution in [1.82, 2.24) is 9.97 Å². The van der Waals surface area contributed by atoms with Crippen LogP contribution in [0, 0.1) is 0 Å². The van der Waals surface area contributed by atoms with E-state index < -0.39 is 22.8 Å². The van der Waals surface area contributed by atoms with Crippen LogP contribution in [0.15, 0.2) is 34.1 Å². The fraction of sp³-hybridized carbons (Fsp3) is 0.222. The molecule has 0 unspecified atom stereocenters. The Hall–Kier alpha value is -3.42. The molecule has 0 spiro atoms. The van der Waals surface area contributed by atoms with Gasteiger partial charge in [-0.25, -0.2) is 9.59 Å². The lowest BCUT2D eigenvalue weighted by Crippen LogP contribution is -2.21. The van der Waals surface area contributed by atoms with Gasteiger partial charge in [-0.1, -0.05) is 0 Å². The Morgan fingerprint density at radius 3 is 2.08 bits per heavy atom. The fourth-order valence-electron chi connectivity index (χ4n) is 2.72. The molecule has 0 atom stereocenters. The van der Waals surface area contributed by atoms with Crippen LogP contribution in [0.2, 0.25) is 0 Å². The van der Waals surface area contributed by atoms with Crippen LogP contribution < -0.4 is 10.9 Å². The molecule has 0 amide bonds. The summed E-state index contributed by atoms with van der Waals surface area (Å²) in [6.07, 6.45) is 2.48. The zero-order chi connectivity index (χ0) is 18.8. The van der Waals surface area contributed by atoms with Crippen molar-refractivity contribution in [2.75, 3.05) is 13.2 Å². The minimum Gasteiger partial charge on any atom is -0.462 e. The second-order valence-electron chi connectivity index (χ2n) is 5.41. The fourth-order valence-corrected chi connectivity index (χ4v) is 2.72. The average molecular weight is 356 g/mol. The maximum atomic E-state index is 12.8. The Morgan fingerprint density at radius 2 is 1.46 bits per heavy atom. The van der Waals surface area contributed by atoms with Gasteiger partial charge in [0, 0.05) is 17.8 Å². The molecule has 3 rings (SSSR count). The van der Waals surface area contributed by atoms with E-state index in [9.17, 15) is 19.2 Å². The summed E-state index contributed by atoms with van der Waals surface area (Å²) in [7, 11) is 0. The Balaban J connectivity index is 2.32. The van der Waals surface area contributed by atoms with Crippen LogP contribution in [0.25, 0.3) is 21.8 Å². The van der Waals surface area contributed by atoms with Crippen molar-refractivity contribution in [3.05, 3.63) is 56.1 Å². The van der Waals surface area contributed by atoms with Crippen LogP contribution in [0.3, 0.4) is 0 Å². The van der Waals surface area contributed by atoms with Gasteiger partial charge in [-0.15, -0.1) is 0 Å². The number of ether oxygens (including phenoxy) is 2. The lowest BCUT2D eigenvalue weighted by molar-refractivity contribution is 0.0515. The minimum atomic E-state index is -0.752. The van der Waals surface area contributed by atoms with Gasteiger partial charge in [0.15, 0.2) is 0 Å². The summed E-state index contributed by atoms with van der Waals surface area (Å²) in [5, 5.41) is 0.287. The number of nitrogens with one attached hydrogen (secondary N) is 2. The Kier molecular flexibility index (Phi) is 4.57. The van der Waals surface area contributed by atoms with Crippen molar-refractivity contribution in [3.63, 3.8) is 0 Å². The third-order valence-corrected chi connectivity index (χ3v) is 3.89. The summed E-state index contributed by atoms with van der Waals surface area (Å²) in [6.45, 7) is 3.54. The van der Waals surface area contributed by atoms with Crippen molar-refractivity contribution in [3.8, 4) is 0 Å². The maximum absolute atomic E-state index is 12.8. The summed E-state index contributed by atoms with van der Waals surface area (Å²) < 4.78 is 9.74. The minimum absolute atomic E-state index is 0.131. The highest BCUT2D eigenvalue weighted by molar-refractivity contribution is 6.07. The number of benzene rings is 1. The number of esters is 2. The number of aromatic amines is 2. The van der Waals surface area contributed by atoms with Gasteiger partial charge in [0.25, 0.3) is 0 Å². The smallest absolute Gasteiger partial charge is 0.343 e. The highest BCUT2D eigenvalue weighted by Gasteiger charge is 2.19. The molecule has 0 aliphatic carbocycles. The van der Waals surface area contributed by atoms with Crippen LogP contribution in [-0.4, -0.2) is 35.1 Å². The molecule has 0 fully saturated rings. The molecule has 0 bridgehead atoms. The summed E-state index contributed by atoms with van der Waals surface area (Å²) in [5.74, 6) is -1.50. The molecule has 0 aliphatic rings. The quantitative estimate of drug-likeness (QED) is 0.543. The summed E-state index contributed by atoms with van der Waals surface area (Å²) >= 11 is 0. The standard InChI is InChI=1S/C18H16N2O6/c1-3-25-17(23)10-8-20-14-9(15(10)21)5-6-12-13(14)16(22)11(7-19-12)18(24)26-4-2/h5-8H,3-4H2,1-2H3,(H,19,22)(H,20,21). The maximum Gasteiger partial charge on any atom is 0.343 e. The number of pyridine rings is 2. The number of carbonyl (C=O) groups excluding carboxylic acids is 2. The van der Waals surface area contributed by atoms with E-state index in [2.05, 4.69) is 9.97 Å².